The van der Waals surface area contributed by atoms with Gasteiger partial charge in [0.2, 0.25) is 0 Å². The summed E-state index contributed by atoms with van der Waals surface area (Å²) in [6.45, 7) is 8.26. The number of nitrogens with one attached hydrogen (secondary N) is 1. The van der Waals surface area contributed by atoms with Crippen molar-refractivity contribution in [2.45, 2.75) is 64.5 Å². The van der Waals surface area contributed by atoms with Crippen LogP contribution in [0.3, 0.4) is 0 Å². The van der Waals surface area contributed by atoms with Gasteiger partial charge in [-0.3, -0.25) is 4.79 Å². The Morgan fingerprint density at radius 3 is 2.79 bits per heavy atom. The lowest BCUT2D eigenvalue weighted by atomic mass is 10.0. The van der Waals surface area contributed by atoms with Crippen molar-refractivity contribution in [1.82, 2.24) is 14.5 Å². The maximum Gasteiger partial charge on any atom is 0.275 e. The van der Waals surface area contributed by atoms with E-state index in [0.717, 1.165) is 30.5 Å². The summed E-state index contributed by atoms with van der Waals surface area (Å²) in [5.41, 5.74) is 2.54. The zero-order chi connectivity index (χ0) is 17.2. The number of aromatic amines is 1. The predicted molar refractivity (Wildman–Crippen MR) is 100 cm³/mol. The van der Waals surface area contributed by atoms with Crippen LogP contribution >= 0.6 is 0 Å². The molecule has 2 heterocycles. The molecule has 1 fully saturated rings. The van der Waals surface area contributed by atoms with E-state index in [1.807, 2.05) is 4.57 Å². The fraction of sp³-hybridized carbons (Fsp3) is 0.667. The van der Waals surface area contributed by atoms with Gasteiger partial charge in [0.25, 0.3) is 5.56 Å². The second-order valence-electron chi connectivity index (χ2n) is 8.23. The molecule has 2 aromatic heterocycles. The van der Waals surface area contributed by atoms with Gasteiger partial charge in [0.05, 0.1) is 11.8 Å². The summed E-state index contributed by atoms with van der Waals surface area (Å²) in [6, 6.07) is 3.21. The number of fused-ring (bicyclic) bond motifs is 1. The van der Waals surface area contributed by atoms with Gasteiger partial charge in [0.1, 0.15) is 12.2 Å². The number of hydrogen-bond acceptors (Lipinski definition) is 3. The molecule has 132 valence electrons. The van der Waals surface area contributed by atoms with Gasteiger partial charge in [-0.05, 0) is 24.4 Å². The van der Waals surface area contributed by atoms with E-state index in [1.165, 1.54) is 37.7 Å². The molecular formula is C18H29N3O2Si. The Balaban J connectivity index is 1.80. The van der Waals surface area contributed by atoms with E-state index in [4.69, 9.17) is 4.74 Å². The zero-order valence-electron chi connectivity index (χ0n) is 15.1. The van der Waals surface area contributed by atoms with Gasteiger partial charge in [-0.2, -0.15) is 0 Å². The van der Waals surface area contributed by atoms with Crippen molar-refractivity contribution < 1.29 is 4.74 Å². The van der Waals surface area contributed by atoms with Crippen LogP contribution in [-0.2, 0) is 17.9 Å². The summed E-state index contributed by atoms with van der Waals surface area (Å²) in [6.07, 6.45) is 7.75. The highest BCUT2D eigenvalue weighted by molar-refractivity contribution is 6.76. The fourth-order valence-corrected chi connectivity index (χ4v) is 4.27. The highest BCUT2D eigenvalue weighted by Gasteiger charge is 2.20. The quantitative estimate of drug-likeness (QED) is 0.612. The molecule has 3 rings (SSSR count). The first kappa shape index (κ1) is 17.4. The van der Waals surface area contributed by atoms with E-state index in [-0.39, 0.29) is 5.56 Å². The van der Waals surface area contributed by atoms with Crippen molar-refractivity contribution in [2.75, 3.05) is 6.61 Å². The van der Waals surface area contributed by atoms with Crippen molar-refractivity contribution in [3.8, 4) is 0 Å². The normalized spacial score (nSPS) is 16.3. The van der Waals surface area contributed by atoms with E-state index in [9.17, 15) is 4.79 Å². The summed E-state index contributed by atoms with van der Waals surface area (Å²) >= 11 is 0. The first-order valence-corrected chi connectivity index (χ1v) is 12.8. The Morgan fingerprint density at radius 2 is 2.08 bits per heavy atom. The van der Waals surface area contributed by atoms with E-state index >= 15 is 0 Å². The summed E-state index contributed by atoms with van der Waals surface area (Å²) in [7, 11) is -1.10. The largest absolute Gasteiger partial charge is 0.361 e. The van der Waals surface area contributed by atoms with E-state index in [0.29, 0.717) is 12.2 Å². The lowest BCUT2D eigenvalue weighted by Crippen LogP contribution is -2.22. The predicted octanol–water partition coefficient (Wildman–Crippen LogP) is 3.77. The Kier molecular flexibility index (Phi) is 5.25. The van der Waals surface area contributed by atoms with Crippen LogP contribution in [0, 0.1) is 5.92 Å². The number of nitrogens with zero attached hydrogens (tertiary/aromatic N) is 2. The molecule has 0 amide bonds. The Hall–Kier alpha value is -1.40. The van der Waals surface area contributed by atoms with Crippen LogP contribution in [0.1, 0.15) is 31.4 Å². The molecule has 6 heteroatoms. The van der Waals surface area contributed by atoms with Crippen molar-refractivity contribution in [2.24, 2.45) is 5.92 Å². The summed E-state index contributed by atoms with van der Waals surface area (Å²) in [4.78, 5) is 19.3. The lowest BCUT2D eigenvalue weighted by molar-refractivity contribution is 0.0879. The molecule has 1 aliphatic carbocycles. The van der Waals surface area contributed by atoms with Crippen LogP contribution < -0.4 is 5.56 Å². The van der Waals surface area contributed by atoms with Crippen molar-refractivity contribution in [3.63, 3.8) is 0 Å². The third kappa shape index (κ3) is 4.16. The number of ether oxygens (including phenoxy) is 1. The van der Waals surface area contributed by atoms with E-state index in [2.05, 4.69) is 35.7 Å². The SMILES string of the molecule is C[Si](C)(C)CCOCn1c(CC2CCCC2)cc2nc[nH]c(=O)c21. The number of rotatable bonds is 7. The second-order valence-corrected chi connectivity index (χ2v) is 13.9. The average Bonchev–Trinajstić information content (AvgIpc) is 3.12. The van der Waals surface area contributed by atoms with Crippen molar-refractivity contribution in [3.05, 3.63) is 28.4 Å². The van der Waals surface area contributed by atoms with E-state index in [1.54, 1.807) is 0 Å². The molecular weight excluding hydrogens is 318 g/mol. The fourth-order valence-electron chi connectivity index (χ4n) is 3.51. The van der Waals surface area contributed by atoms with Gasteiger partial charge < -0.3 is 14.3 Å². The Morgan fingerprint density at radius 1 is 1.33 bits per heavy atom. The molecule has 2 aromatic rings. The zero-order valence-corrected chi connectivity index (χ0v) is 16.1. The van der Waals surface area contributed by atoms with Crippen LogP contribution in [-0.4, -0.2) is 29.2 Å². The molecule has 0 unspecified atom stereocenters. The highest BCUT2D eigenvalue weighted by atomic mass is 28.3. The van der Waals surface area contributed by atoms with Crippen LogP contribution in [0.4, 0.5) is 0 Å². The molecule has 0 saturated heterocycles. The van der Waals surface area contributed by atoms with Crippen molar-refractivity contribution in [1.29, 1.82) is 0 Å². The average molecular weight is 348 g/mol. The highest BCUT2D eigenvalue weighted by Crippen LogP contribution is 2.29. The topological polar surface area (TPSA) is 59.9 Å². The third-order valence-corrected chi connectivity index (χ3v) is 6.67. The van der Waals surface area contributed by atoms with E-state index < -0.39 is 8.07 Å². The molecule has 0 bridgehead atoms. The second kappa shape index (κ2) is 7.23. The molecule has 5 nitrogen and oxygen atoms in total. The lowest BCUT2D eigenvalue weighted by Gasteiger charge is -2.17. The smallest absolute Gasteiger partial charge is 0.275 e. The van der Waals surface area contributed by atoms with Gasteiger partial charge in [-0.15, -0.1) is 0 Å². The standard InChI is InChI=1S/C18H29N3O2Si/c1-24(2,3)9-8-23-13-21-15(10-14-6-4-5-7-14)11-16-17(21)18(22)20-12-19-16/h11-12,14H,4-10,13H2,1-3H3,(H,19,20,22). The third-order valence-electron chi connectivity index (χ3n) is 4.97. The molecule has 1 N–H and O–H groups in total. The maximum absolute atomic E-state index is 12.3. The summed E-state index contributed by atoms with van der Waals surface area (Å²) in [5.74, 6) is 0.731. The minimum absolute atomic E-state index is 0.0773. The van der Waals surface area contributed by atoms with Crippen LogP contribution in [0.5, 0.6) is 0 Å². The van der Waals surface area contributed by atoms with Gasteiger partial charge in [-0.25, -0.2) is 4.98 Å². The molecule has 0 aromatic carbocycles. The van der Waals surface area contributed by atoms with Crippen LogP contribution in [0.15, 0.2) is 17.2 Å². The Bertz CT molecular complexity index is 739. The molecule has 0 aliphatic heterocycles. The Labute approximate surface area is 144 Å². The monoisotopic (exact) mass is 347 g/mol. The van der Waals surface area contributed by atoms with Gasteiger partial charge >= 0.3 is 0 Å². The minimum Gasteiger partial charge on any atom is -0.361 e. The van der Waals surface area contributed by atoms with Crippen molar-refractivity contribution >= 4 is 19.1 Å². The molecule has 0 spiro atoms. The minimum atomic E-state index is -1.10. The maximum atomic E-state index is 12.3. The molecule has 24 heavy (non-hydrogen) atoms. The van der Waals surface area contributed by atoms with Gasteiger partial charge in [0.15, 0.2) is 0 Å². The number of hydrogen-bond donors (Lipinski definition) is 1. The first-order chi connectivity index (χ1) is 11.4. The summed E-state index contributed by atoms with van der Waals surface area (Å²) in [5, 5.41) is 0. The van der Waals surface area contributed by atoms with Crippen LogP contribution in [0.2, 0.25) is 25.7 Å². The van der Waals surface area contributed by atoms with Gasteiger partial charge in [0, 0.05) is 20.4 Å². The molecule has 0 radical (unpaired) electrons. The number of aromatic nitrogens is 3. The van der Waals surface area contributed by atoms with Crippen LogP contribution in [0.25, 0.3) is 11.0 Å². The first-order valence-electron chi connectivity index (χ1n) is 9.07. The molecule has 1 saturated carbocycles. The summed E-state index contributed by atoms with van der Waals surface area (Å²) < 4.78 is 7.98. The molecule has 1 aliphatic rings. The number of H-pyrrole nitrogens is 1. The molecule has 0 atom stereocenters. The van der Waals surface area contributed by atoms with Gasteiger partial charge in [-0.1, -0.05) is 45.3 Å².